The quantitative estimate of drug-likeness (QED) is 0.489. The summed E-state index contributed by atoms with van der Waals surface area (Å²) in [5.74, 6) is -0.340. The molecule has 5 heteroatoms. The summed E-state index contributed by atoms with van der Waals surface area (Å²) >= 11 is 0. The summed E-state index contributed by atoms with van der Waals surface area (Å²) in [5.41, 5.74) is 10.7. The van der Waals surface area contributed by atoms with Crippen molar-refractivity contribution in [1.82, 2.24) is 5.32 Å². The van der Waals surface area contributed by atoms with Gasteiger partial charge < -0.3 is 16.4 Å². The summed E-state index contributed by atoms with van der Waals surface area (Å²) in [6.45, 7) is 0.700. The lowest BCUT2D eigenvalue weighted by Gasteiger charge is -2.18. The molecule has 29 heavy (non-hydrogen) atoms. The third kappa shape index (κ3) is 3.89. The predicted octanol–water partition coefficient (Wildman–Crippen LogP) is 3.75. The van der Waals surface area contributed by atoms with Gasteiger partial charge in [-0.15, -0.1) is 0 Å². The lowest BCUT2D eigenvalue weighted by atomic mass is 9.92. The van der Waals surface area contributed by atoms with E-state index in [2.05, 4.69) is 22.8 Å². The molecule has 0 saturated heterocycles. The van der Waals surface area contributed by atoms with E-state index in [1.807, 2.05) is 72.8 Å². The van der Waals surface area contributed by atoms with Crippen LogP contribution in [0.2, 0.25) is 0 Å². The largest absolute Gasteiger partial charge is 0.394 e. The number of rotatable bonds is 6. The molecule has 0 aliphatic carbocycles. The third-order valence-corrected chi connectivity index (χ3v) is 4.99. The molecule has 0 fully saturated rings. The van der Waals surface area contributed by atoms with Crippen molar-refractivity contribution in [3.8, 4) is 0 Å². The molecule has 3 aromatic rings. The van der Waals surface area contributed by atoms with Crippen molar-refractivity contribution in [1.29, 1.82) is 5.41 Å². The van der Waals surface area contributed by atoms with E-state index in [0.29, 0.717) is 12.1 Å². The number of carbonyl (C=O) groups is 1. The van der Waals surface area contributed by atoms with E-state index in [4.69, 9.17) is 11.1 Å². The average molecular weight is 382 g/mol. The Hall–Kier alpha value is -3.86. The molecule has 0 bridgehead atoms. The van der Waals surface area contributed by atoms with Gasteiger partial charge in [-0.1, -0.05) is 72.8 Å². The van der Waals surface area contributed by atoms with Crippen LogP contribution in [0.15, 0.2) is 96.2 Å². The normalized spacial score (nSPS) is 15.9. The zero-order chi connectivity index (χ0) is 20.2. The van der Waals surface area contributed by atoms with Crippen LogP contribution >= 0.6 is 0 Å². The minimum Gasteiger partial charge on any atom is -0.394 e. The molecule has 3 aromatic carbocycles. The smallest absolute Gasteiger partial charge is 0.268 e. The summed E-state index contributed by atoms with van der Waals surface area (Å²) in [4.78, 5) is 12.3. The second-order valence-corrected chi connectivity index (χ2v) is 6.94. The number of hydrogen-bond donors (Lipinski definition) is 4. The molecule has 1 atom stereocenters. The molecule has 4 rings (SSSR count). The highest BCUT2D eigenvalue weighted by Gasteiger charge is 2.34. The molecule has 1 heterocycles. The highest BCUT2D eigenvalue weighted by molar-refractivity contribution is 6.17. The Morgan fingerprint density at radius 2 is 1.66 bits per heavy atom. The van der Waals surface area contributed by atoms with Crippen molar-refractivity contribution in [2.75, 3.05) is 5.32 Å². The van der Waals surface area contributed by atoms with E-state index in [9.17, 15) is 4.79 Å². The zero-order valence-electron chi connectivity index (χ0n) is 15.9. The molecule has 0 aromatic heterocycles. The van der Waals surface area contributed by atoms with Crippen molar-refractivity contribution in [3.63, 3.8) is 0 Å². The summed E-state index contributed by atoms with van der Waals surface area (Å²) < 4.78 is 0. The van der Waals surface area contributed by atoms with Gasteiger partial charge in [0.05, 0.1) is 11.8 Å². The molecule has 0 spiro atoms. The highest BCUT2D eigenvalue weighted by atomic mass is 16.2. The minimum absolute atomic E-state index is 0.103. The van der Waals surface area contributed by atoms with Gasteiger partial charge in [0.15, 0.2) is 0 Å². The SMILES string of the molecule is N=C(C1=C(N)C(=O)NC1c1cccc(NCc2ccccc2)c1)c1ccccc1. The van der Waals surface area contributed by atoms with Crippen molar-refractivity contribution < 1.29 is 4.79 Å². The summed E-state index contributed by atoms with van der Waals surface area (Å²) in [6.07, 6.45) is 0. The van der Waals surface area contributed by atoms with Gasteiger partial charge in [-0.3, -0.25) is 10.2 Å². The van der Waals surface area contributed by atoms with Crippen molar-refractivity contribution >= 4 is 17.3 Å². The second kappa shape index (κ2) is 8.02. The van der Waals surface area contributed by atoms with E-state index >= 15 is 0 Å². The number of benzene rings is 3. The third-order valence-electron chi connectivity index (χ3n) is 4.99. The number of hydrogen-bond acceptors (Lipinski definition) is 4. The second-order valence-electron chi connectivity index (χ2n) is 6.94. The fourth-order valence-electron chi connectivity index (χ4n) is 3.48. The Morgan fingerprint density at radius 1 is 0.966 bits per heavy atom. The van der Waals surface area contributed by atoms with Crippen LogP contribution in [0.4, 0.5) is 5.69 Å². The lowest BCUT2D eigenvalue weighted by molar-refractivity contribution is -0.117. The maximum atomic E-state index is 12.3. The van der Waals surface area contributed by atoms with E-state index in [-0.39, 0.29) is 17.3 Å². The predicted molar refractivity (Wildman–Crippen MR) is 116 cm³/mol. The maximum absolute atomic E-state index is 12.3. The topological polar surface area (TPSA) is 91.0 Å². The molecule has 1 aliphatic heterocycles. The summed E-state index contributed by atoms with van der Waals surface area (Å²) in [6, 6.07) is 26.9. The lowest BCUT2D eigenvalue weighted by Crippen LogP contribution is -2.24. The Balaban J connectivity index is 1.60. The first-order valence-corrected chi connectivity index (χ1v) is 9.46. The van der Waals surface area contributed by atoms with Gasteiger partial charge in [0.2, 0.25) is 0 Å². The molecule has 1 amide bonds. The minimum atomic E-state index is -0.450. The van der Waals surface area contributed by atoms with Gasteiger partial charge in [0.1, 0.15) is 5.70 Å². The maximum Gasteiger partial charge on any atom is 0.268 e. The number of nitrogens with two attached hydrogens (primary N) is 1. The van der Waals surface area contributed by atoms with Crippen LogP contribution in [-0.4, -0.2) is 11.6 Å². The molecular formula is C24H22N4O. The van der Waals surface area contributed by atoms with E-state index in [0.717, 1.165) is 16.8 Å². The van der Waals surface area contributed by atoms with Crippen molar-refractivity contribution in [2.24, 2.45) is 5.73 Å². The van der Waals surface area contributed by atoms with Crippen molar-refractivity contribution in [3.05, 3.63) is 113 Å². The summed E-state index contributed by atoms with van der Waals surface area (Å²) in [7, 11) is 0. The van der Waals surface area contributed by atoms with Gasteiger partial charge in [-0.05, 0) is 28.8 Å². The molecule has 5 N–H and O–H groups in total. The number of nitrogens with one attached hydrogen (secondary N) is 3. The molecule has 144 valence electrons. The van der Waals surface area contributed by atoms with E-state index in [1.165, 1.54) is 5.56 Å². The van der Waals surface area contributed by atoms with Crippen LogP contribution in [0.25, 0.3) is 0 Å². The number of amides is 1. The molecule has 1 aliphatic rings. The highest BCUT2D eigenvalue weighted by Crippen LogP contribution is 2.32. The van der Waals surface area contributed by atoms with E-state index in [1.54, 1.807) is 0 Å². The van der Waals surface area contributed by atoms with Gasteiger partial charge in [0.25, 0.3) is 5.91 Å². The Bertz CT molecular complexity index is 1070. The number of anilines is 1. The van der Waals surface area contributed by atoms with Gasteiger partial charge in [-0.25, -0.2) is 0 Å². The monoisotopic (exact) mass is 382 g/mol. The molecule has 0 radical (unpaired) electrons. The first-order valence-electron chi connectivity index (χ1n) is 9.46. The Morgan fingerprint density at radius 3 is 2.38 bits per heavy atom. The number of carbonyl (C=O) groups excluding carboxylic acids is 1. The zero-order valence-corrected chi connectivity index (χ0v) is 15.9. The average Bonchev–Trinajstić information content (AvgIpc) is 3.08. The summed E-state index contributed by atoms with van der Waals surface area (Å²) in [5, 5.41) is 15.0. The van der Waals surface area contributed by atoms with Gasteiger partial charge >= 0.3 is 0 Å². The van der Waals surface area contributed by atoms with Crippen molar-refractivity contribution in [2.45, 2.75) is 12.6 Å². The fourth-order valence-corrected chi connectivity index (χ4v) is 3.48. The fraction of sp³-hybridized carbons (Fsp3) is 0.0833. The van der Waals surface area contributed by atoms with Gasteiger partial charge in [0, 0.05) is 17.8 Å². The van der Waals surface area contributed by atoms with Crippen LogP contribution in [0.1, 0.15) is 22.7 Å². The van der Waals surface area contributed by atoms with Gasteiger partial charge in [-0.2, -0.15) is 0 Å². The Kier molecular flexibility index (Phi) is 5.12. The standard InChI is InChI=1S/C24H22N4O/c25-21(17-10-5-2-6-11-17)20-22(26)24(29)28-23(20)18-12-7-13-19(14-18)27-15-16-8-3-1-4-9-16/h1-14,23,25,27H,15,26H2,(H,28,29). The van der Waals surface area contributed by atoms with Crippen LogP contribution in [0, 0.1) is 5.41 Å². The molecule has 5 nitrogen and oxygen atoms in total. The van der Waals surface area contributed by atoms with Crippen LogP contribution in [0.5, 0.6) is 0 Å². The van der Waals surface area contributed by atoms with Crippen LogP contribution in [-0.2, 0) is 11.3 Å². The van der Waals surface area contributed by atoms with Crippen LogP contribution < -0.4 is 16.4 Å². The first-order chi connectivity index (χ1) is 14.1. The molecule has 0 saturated carbocycles. The van der Waals surface area contributed by atoms with Crippen LogP contribution in [0.3, 0.4) is 0 Å². The Labute approximate surface area is 169 Å². The first kappa shape index (κ1) is 18.5. The molecule has 1 unspecified atom stereocenters. The van der Waals surface area contributed by atoms with E-state index < -0.39 is 6.04 Å². The molecular weight excluding hydrogens is 360 g/mol.